The van der Waals surface area contributed by atoms with Crippen molar-refractivity contribution < 1.29 is 9.53 Å². The van der Waals surface area contributed by atoms with Crippen LogP contribution in [0.25, 0.3) is 10.9 Å². The van der Waals surface area contributed by atoms with Gasteiger partial charge in [0.05, 0.1) is 20.9 Å². The van der Waals surface area contributed by atoms with Crippen LogP contribution in [0.5, 0.6) is 0 Å². The van der Waals surface area contributed by atoms with E-state index < -0.39 is 6.09 Å². The van der Waals surface area contributed by atoms with Crippen molar-refractivity contribution in [2.75, 3.05) is 5.32 Å². The van der Waals surface area contributed by atoms with Gasteiger partial charge in [0.15, 0.2) is 0 Å². The van der Waals surface area contributed by atoms with Crippen LogP contribution in [0.3, 0.4) is 0 Å². The summed E-state index contributed by atoms with van der Waals surface area (Å²) in [5.74, 6) is 0.499. The lowest BCUT2D eigenvalue weighted by atomic mass is 10.1. The van der Waals surface area contributed by atoms with Crippen molar-refractivity contribution in [3.05, 3.63) is 104 Å². The summed E-state index contributed by atoms with van der Waals surface area (Å²) in [7, 11) is 0. The quantitative estimate of drug-likeness (QED) is 0.413. The molecule has 0 saturated heterocycles. The highest BCUT2D eigenvalue weighted by Gasteiger charge is 2.09. The van der Waals surface area contributed by atoms with Crippen LogP contribution >= 0.6 is 23.2 Å². The van der Waals surface area contributed by atoms with Gasteiger partial charge in [0, 0.05) is 12.1 Å². The molecule has 0 fully saturated rings. The maximum Gasteiger partial charge on any atom is 0.411 e. The van der Waals surface area contributed by atoms with Crippen molar-refractivity contribution in [3.63, 3.8) is 0 Å². The van der Waals surface area contributed by atoms with Crippen molar-refractivity contribution in [2.24, 2.45) is 0 Å². The monoisotopic (exact) mass is 453 g/mol. The van der Waals surface area contributed by atoms with Crippen molar-refractivity contribution in [1.82, 2.24) is 9.97 Å². The molecule has 0 saturated carbocycles. The predicted octanol–water partition coefficient (Wildman–Crippen LogP) is 5.57. The summed E-state index contributed by atoms with van der Waals surface area (Å²) in [5.41, 5.74) is 2.40. The summed E-state index contributed by atoms with van der Waals surface area (Å²) in [4.78, 5) is 31.9. The lowest BCUT2D eigenvalue weighted by Crippen LogP contribution is -2.15. The van der Waals surface area contributed by atoms with Gasteiger partial charge >= 0.3 is 6.09 Å². The molecule has 0 aliphatic rings. The second-order valence-corrected chi connectivity index (χ2v) is 7.67. The molecule has 2 N–H and O–H groups in total. The zero-order valence-electron chi connectivity index (χ0n) is 16.2. The van der Waals surface area contributed by atoms with Crippen molar-refractivity contribution in [3.8, 4) is 0 Å². The molecular formula is C23H17Cl2N3O3. The second kappa shape index (κ2) is 9.20. The Morgan fingerprint density at radius 1 is 0.968 bits per heavy atom. The predicted molar refractivity (Wildman–Crippen MR) is 122 cm³/mol. The van der Waals surface area contributed by atoms with Gasteiger partial charge in [0.2, 0.25) is 0 Å². The first-order valence-electron chi connectivity index (χ1n) is 9.42. The number of nitrogens with one attached hydrogen (secondary N) is 2. The van der Waals surface area contributed by atoms with Crippen LogP contribution in [0.4, 0.5) is 10.5 Å². The Morgan fingerprint density at radius 3 is 2.55 bits per heavy atom. The largest absolute Gasteiger partial charge is 0.444 e. The first-order chi connectivity index (χ1) is 15.0. The number of hydrogen-bond acceptors (Lipinski definition) is 4. The molecule has 0 radical (unpaired) electrons. The fourth-order valence-corrected chi connectivity index (χ4v) is 3.39. The fraction of sp³-hybridized carbons (Fsp3) is 0.0870. The fourth-order valence-electron chi connectivity index (χ4n) is 3.07. The van der Waals surface area contributed by atoms with Gasteiger partial charge in [0.1, 0.15) is 12.4 Å². The number of hydrogen-bond donors (Lipinski definition) is 2. The van der Waals surface area contributed by atoms with E-state index in [1.165, 1.54) is 0 Å². The number of carbonyl (C=O) groups excluding carboxylic acids is 1. The summed E-state index contributed by atoms with van der Waals surface area (Å²) in [6.07, 6.45) is -0.211. The average molecular weight is 454 g/mol. The van der Waals surface area contributed by atoms with Crippen molar-refractivity contribution >= 4 is 45.9 Å². The number of benzene rings is 3. The molecule has 156 valence electrons. The Balaban J connectivity index is 1.48. The Labute approximate surface area is 187 Å². The van der Waals surface area contributed by atoms with Crippen LogP contribution in [0.1, 0.15) is 17.0 Å². The molecule has 1 amide bonds. The first-order valence-corrected chi connectivity index (χ1v) is 10.2. The van der Waals surface area contributed by atoms with Gasteiger partial charge in [-0.25, -0.2) is 9.78 Å². The van der Waals surface area contributed by atoms with Crippen LogP contribution in [0.15, 0.2) is 71.5 Å². The molecule has 0 atom stereocenters. The lowest BCUT2D eigenvalue weighted by molar-refractivity contribution is 0.155. The first kappa shape index (κ1) is 20.9. The van der Waals surface area contributed by atoms with Gasteiger partial charge in [-0.15, -0.1) is 0 Å². The Kier molecular flexibility index (Phi) is 6.21. The minimum absolute atomic E-state index is 0.153. The number of amides is 1. The minimum Gasteiger partial charge on any atom is -0.444 e. The van der Waals surface area contributed by atoms with Gasteiger partial charge in [-0.05, 0) is 41.5 Å². The molecule has 0 bridgehead atoms. The number of anilines is 1. The maximum atomic E-state index is 12.6. The topological polar surface area (TPSA) is 84.1 Å². The molecule has 1 aromatic heterocycles. The SMILES string of the molecule is O=C(Nc1ccc2nc(Cc3ccc(Cl)c(Cl)c3)[nH]c(=O)c2c1)OCc1ccccc1. The minimum atomic E-state index is -0.608. The third kappa shape index (κ3) is 5.23. The number of aromatic amines is 1. The van der Waals surface area contributed by atoms with Gasteiger partial charge in [-0.2, -0.15) is 0 Å². The van der Waals surface area contributed by atoms with Crippen molar-refractivity contribution in [2.45, 2.75) is 13.0 Å². The normalized spacial score (nSPS) is 10.8. The third-order valence-electron chi connectivity index (χ3n) is 4.57. The summed E-state index contributed by atoms with van der Waals surface area (Å²) in [6.45, 7) is 0.153. The van der Waals surface area contributed by atoms with E-state index in [1.54, 1.807) is 30.3 Å². The molecule has 0 spiro atoms. The van der Waals surface area contributed by atoms with Crippen molar-refractivity contribution in [1.29, 1.82) is 0 Å². The van der Waals surface area contributed by atoms with E-state index in [9.17, 15) is 9.59 Å². The molecule has 6 nitrogen and oxygen atoms in total. The number of carbonyl (C=O) groups is 1. The summed E-state index contributed by atoms with van der Waals surface area (Å²) in [5, 5.41) is 3.90. The molecule has 31 heavy (non-hydrogen) atoms. The number of halogens is 2. The number of ether oxygens (including phenoxy) is 1. The van der Waals surface area contributed by atoms with E-state index in [4.69, 9.17) is 27.9 Å². The molecular weight excluding hydrogens is 437 g/mol. The molecule has 3 aromatic carbocycles. The third-order valence-corrected chi connectivity index (χ3v) is 5.31. The standard InChI is InChI=1S/C23H17Cl2N3O3/c24-18-8-6-15(10-19(18)25)11-21-27-20-9-7-16(12-17(20)22(29)28-21)26-23(30)31-13-14-4-2-1-3-5-14/h1-10,12H,11,13H2,(H,26,30)(H,27,28,29). The molecule has 0 unspecified atom stereocenters. The second-order valence-electron chi connectivity index (χ2n) is 6.86. The number of nitrogens with zero attached hydrogens (tertiary/aromatic N) is 1. The molecule has 8 heteroatoms. The summed E-state index contributed by atoms with van der Waals surface area (Å²) >= 11 is 12.0. The highest BCUT2D eigenvalue weighted by molar-refractivity contribution is 6.42. The number of aromatic nitrogens is 2. The summed E-state index contributed by atoms with van der Waals surface area (Å²) < 4.78 is 5.21. The van der Waals surface area contributed by atoms with E-state index in [2.05, 4.69) is 15.3 Å². The molecule has 1 heterocycles. The van der Waals surface area contributed by atoms with Crippen LogP contribution in [-0.4, -0.2) is 16.1 Å². The molecule has 4 aromatic rings. The molecule has 4 rings (SSSR count). The van der Waals surface area contributed by atoms with E-state index >= 15 is 0 Å². The zero-order chi connectivity index (χ0) is 21.8. The van der Waals surface area contributed by atoms with E-state index in [0.717, 1.165) is 11.1 Å². The lowest BCUT2D eigenvalue weighted by Gasteiger charge is -2.09. The van der Waals surface area contributed by atoms with Crippen LogP contribution in [0, 0.1) is 0 Å². The van der Waals surface area contributed by atoms with Crippen LogP contribution < -0.4 is 10.9 Å². The zero-order valence-corrected chi connectivity index (χ0v) is 17.7. The Morgan fingerprint density at radius 2 is 1.77 bits per heavy atom. The summed E-state index contributed by atoms with van der Waals surface area (Å²) in [6, 6.07) is 19.5. The van der Waals surface area contributed by atoms with Gasteiger partial charge in [-0.1, -0.05) is 59.6 Å². The Hall–Kier alpha value is -3.35. The number of H-pyrrole nitrogens is 1. The van der Waals surface area contributed by atoms with E-state index in [-0.39, 0.29) is 12.2 Å². The number of rotatable bonds is 5. The van der Waals surface area contributed by atoms with Crippen LogP contribution in [0.2, 0.25) is 10.0 Å². The highest BCUT2D eigenvalue weighted by atomic mass is 35.5. The number of fused-ring (bicyclic) bond motifs is 1. The van der Waals surface area contributed by atoms with E-state index in [0.29, 0.717) is 38.9 Å². The maximum absolute atomic E-state index is 12.6. The highest BCUT2D eigenvalue weighted by Crippen LogP contribution is 2.23. The van der Waals surface area contributed by atoms with Gasteiger partial charge in [-0.3, -0.25) is 10.1 Å². The molecule has 0 aliphatic heterocycles. The molecule has 0 aliphatic carbocycles. The average Bonchev–Trinajstić information content (AvgIpc) is 2.76. The van der Waals surface area contributed by atoms with Gasteiger partial charge < -0.3 is 9.72 Å². The Bertz CT molecular complexity index is 1310. The van der Waals surface area contributed by atoms with Crippen LogP contribution in [-0.2, 0) is 17.8 Å². The van der Waals surface area contributed by atoms with Gasteiger partial charge in [0.25, 0.3) is 5.56 Å². The van der Waals surface area contributed by atoms with E-state index in [1.807, 2.05) is 36.4 Å². The smallest absolute Gasteiger partial charge is 0.411 e.